The Morgan fingerprint density at radius 2 is 2.05 bits per heavy atom. The van der Waals surface area contributed by atoms with Gasteiger partial charge in [-0.2, -0.15) is 0 Å². The van der Waals surface area contributed by atoms with Crippen molar-refractivity contribution in [3.63, 3.8) is 0 Å². The van der Waals surface area contributed by atoms with Crippen LogP contribution in [0.4, 0.5) is 0 Å². The van der Waals surface area contributed by atoms with E-state index in [9.17, 15) is 9.59 Å². The Hall–Kier alpha value is -1.70. The first-order valence-corrected chi connectivity index (χ1v) is 8.23. The maximum Gasteiger partial charge on any atom is 0.253 e. The van der Waals surface area contributed by atoms with E-state index < -0.39 is 0 Å². The van der Waals surface area contributed by atoms with Gasteiger partial charge in [0.15, 0.2) is 0 Å². The highest BCUT2D eigenvalue weighted by Gasteiger charge is 2.06. The Labute approximate surface area is 142 Å². The third-order valence-electron chi connectivity index (χ3n) is 3.16. The van der Waals surface area contributed by atoms with Crippen molar-refractivity contribution in [2.75, 3.05) is 0 Å². The van der Waals surface area contributed by atoms with Gasteiger partial charge in [-0.05, 0) is 46.7 Å². The number of nitrogens with zero attached hydrogens (tertiary/aromatic N) is 2. The van der Waals surface area contributed by atoms with Gasteiger partial charge in [0, 0.05) is 21.9 Å². The summed E-state index contributed by atoms with van der Waals surface area (Å²) < 4.78 is 2.47. The molecule has 1 amide bonds. The van der Waals surface area contributed by atoms with E-state index >= 15 is 0 Å². The zero-order valence-corrected chi connectivity index (χ0v) is 14.5. The van der Waals surface area contributed by atoms with E-state index in [0.29, 0.717) is 6.54 Å². The van der Waals surface area contributed by atoms with E-state index in [2.05, 4.69) is 32.9 Å². The number of hydrogen-bond acceptors (Lipinski definition) is 3. The van der Waals surface area contributed by atoms with Crippen molar-refractivity contribution in [1.29, 1.82) is 0 Å². The topological polar surface area (TPSA) is 64.0 Å². The molecule has 0 atom stereocenters. The number of nitrogens with one attached hydrogen (secondary N) is 1. The molecule has 0 unspecified atom stereocenters. The van der Waals surface area contributed by atoms with Crippen LogP contribution in [-0.2, 0) is 24.3 Å². The van der Waals surface area contributed by atoms with Gasteiger partial charge in [-0.25, -0.2) is 4.98 Å². The minimum absolute atomic E-state index is 0.0113. The molecule has 0 aliphatic heterocycles. The molecule has 0 fully saturated rings. The number of aryl methyl sites for hydroxylation is 1. The van der Waals surface area contributed by atoms with Crippen LogP contribution < -0.4 is 10.9 Å². The lowest BCUT2D eigenvalue weighted by Gasteiger charge is -2.08. The van der Waals surface area contributed by atoms with Crippen LogP contribution in [-0.4, -0.2) is 15.5 Å². The molecule has 0 saturated carbocycles. The summed E-state index contributed by atoms with van der Waals surface area (Å²) in [5.41, 5.74) is 1.60. The summed E-state index contributed by atoms with van der Waals surface area (Å²) in [4.78, 5) is 28.0. The molecule has 6 heteroatoms. The fraction of sp³-hybridized carbons (Fsp3) is 0.312. The van der Waals surface area contributed by atoms with Gasteiger partial charge in [0.2, 0.25) is 5.91 Å². The summed E-state index contributed by atoms with van der Waals surface area (Å²) in [6, 6.07) is 9.41. The molecule has 2 rings (SSSR count). The number of rotatable bonds is 6. The molecule has 0 aliphatic rings. The lowest BCUT2D eigenvalue weighted by Crippen LogP contribution is -2.32. The Morgan fingerprint density at radius 1 is 1.32 bits per heavy atom. The van der Waals surface area contributed by atoms with Crippen LogP contribution in [0.15, 0.2) is 41.5 Å². The van der Waals surface area contributed by atoms with Crippen LogP contribution >= 0.6 is 22.6 Å². The summed E-state index contributed by atoms with van der Waals surface area (Å²) >= 11 is 2.23. The Bertz CT molecular complexity index is 695. The molecule has 116 valence electrons. The highest BCUT2D eigenvalue weighted by atomic mass is 127. The number of carbonyl (C=O) groups excluding carboxylic acids is 1. The standard InChI is InChI=1S/C16H18IN3O2/c1-2-3-14-8-16(22)20(11-19-14)10-15(21)18-9-12-4-6-13(17)7-5-12/h4-8,11H,2-3,9-10H2,1H3,(H,18,21). The molecule has 22 heavy (non-hydrogen) atoms. The quantitative estimate of drug-likeness (QED) is 0.741. The fourth-order valence-corrected chi connectivity index (χ4v) is 2.35. The average Bonchev–Trinajstić information content (AvgIpc) is 2.50. The van der Waals surface area contributed by atoms with Crippen LogP contribution in [0.3, 0.4) is 0 Å². The normalized spacial score (nSPS) is 10.5. The molecule has 1 aromatic heterocycles. The Kier molecular flexibility index (Phi) is 6.11. The highest BCUT2D eigenvalue weighted by Crippen LogP contribution is 2.06. The summed E-state index contributed by atoms with van der Waals surface area (Å²) in [5.74, 6) is -0.203. The molecule has 0 radical (unpaired) electrons. The molecule has 2 aromatic rings. The summed E-state index contributed by atoms with van der Waals surface area (Å²) in [7, 11) is 0. The lowest BCUT2D eigenvalue weighted by molar-refractivity contribution is -0.121. The SMILES string of the molecule is CCCc1cc(=O)n(CC(=O)NCc2ccc(I)cc2)cn1. The molecule has 0 aliphatic carbocycles. The largest absolute Gasteiger partial charge is 0.350 e. The Morgan fingerprint density at radius 3 is 2.68 bits per heavy atom. The number of hydrogen-bond donors (Lipinski definition) is 1. The second-order valence-corrected chi connectivity index (χ2v) is 6.25. The van der Waals surface area contributed by atoms with Gasteiger partial charge in [-0.1, -0.05) is 25.5 Å². The molecule has 0 bridgehead atoms. The van der Waals surface area contributed by atoms with Gasteiger partial charge in [0.05, 0.1) is 6.33 Å². The van der Waals surface area contributed by atoms with E-state index in [0.717, 1.165) is 27.7 Å². The molecule has 5 nitrogen and oxygen atoms in total. The maximum absolute atomic E-state index is 11.9. The number of amides is 1. The number of benzene rings is 1. The van der Waals surface area contributed by atoms with Crippen molar-refractivity contribution in [3.05, 3.63) is 61.8 Å². The summed E-state index contributed by atoms with van der Waals surface area (Å²) in [5, 5.41) is 2.81. The zero-order valence-electron chi connectivity index (χ0n) is 12.4. The van der Waals surface area contributed by atoms with Crippen molar-refractivity contribution in [1.82, 2.24) is 14.9 Å². The maximum atomic E-state index is 11.9. The van der Waals surface area contributed by atoms with Crippen LogP contribution in [0.25, 0.3) is 0 Å². The first kappa shape index (κ1) is 16.7. The molecule has 1 aromatic carbocycles. The molecule has 0 spiro atoms. The van der Waals surface area contributed by atoms with Crippen molar-refractivity contribution in [2.24, 2.45) is 0 Å². The van der Waals surface area contributed by atoms with E-state index in [1.807, 2.05) is 31.2 Å². The van der Waals surface area contributed by atoms with Gasteiger partial charge < -0.3 is 5.32 Å². The summed E-state index contributed by atoms with van der Waals surface area (Å²) in [6.45, 7) is 2.47. The van der Waals surface area contributed by atoms with Crippen LogP contribution in [0.2, 0.25) is 0 Å². The van der Waals surface area contributed by atoms with E-state index in [1.165, 1.54) is 17.0 Å². The average molecular weight is 411 g/mol. The molecule has 0 saturated heterocycles. The van der Waals surface area contributed by atoms with Gasteiger partial charge in [-0.3, -0.25) is 14.2 Å². The van der Waals surface area contributed by atoms with Gasteiger partial charge >= 0.3 is 0 Å². The second-order valence-electron chi connectivity index (χ2n) is 5.00. The van der Waals surface area contributed by atoms with Crippen molar-refractivity contribution >= 4 is 28.5 Å². The van der Waals surface area contributed by atoms with Crippen LogP contribution in [0.5, 0.6) is 0 Å². The molecular formula is C16H18IN3O2. The Balaban J connectivity index is 1.91. The van der Waals surface area contributed by atoms with E-state index in [1.54, 1.807) is 0 Å². The minimum Gasteiger partial charge on any atom is -0.350 e. The smallest absolute Gasteiger partial charge is 0.253 e. The van der Waals surface area contributed by atoms with Gasteiger partial charge in [-0.15, -0.1) is 0 Å². The van der Waals surface area contributed by atoms with Crippen LogP contribution in [0, 0.1) is 3.57 Å². The number of aromatic nitrogens is 2. The first-order chi connectivity index (χ1) is 10.6. The summed E-state index contributed by atoms with van der Waals surface area (Å²) in [6.07, 6.45) is 3.15. The van der Waals surface area contributed by atoms with E-state index in [-0.39, 0.29) is 18.0 Å². The van der Waals surface area contributed by atoms with Crippen molar-refractivity contribution in [2.45, 2.75) is 32.9 Å². The predicted molar refractivity (Wildman–Crippen MR) is 93.5 cm³/mol. The van der Waals surface area contributed by atoms with E-state index in [4.69, 9.17) is 0 Å². The first-order valence-electron chi connectivity index (χ1n) is 7.15. The zero-order chi connectivity index (χ0) is 15.9. The molecule has 1 heterocycles. The predicted octanol–water partition coefficient (Wildman–Crippen LogP) is 2.12. The molecular weight excluding hydrogens is 393 g/mol. The van der Waals surface area contributed by atoms with Gasteiger partial charge in [0.25, 0.3) is 5.56 Å². The lowest BCUT2D eigenvalue weighted by atomic mass is 10.2. The van der Waals surface area contributed by atoms with Crippen LogP contribution in [0.1, 0.15) is 24.6 Å². The van der Waals surface area contributed by atoms with Gasteiger partial charge in [0.1, 0.15) is 6.54 Å². The third kappa shape index (κ3) is 4.94. The number of carbonyl (C=O) groups is 1. The minimum atomic E-state index is -0.203. The fourth-order valence-electron chi connectivity index (χ4n) is 1.99. The molecule has 1 N–H and O–H groups in total. The highest BCUT2D eigenvalue weighted by molar-refractivity contribution is 14.1. The van der Waals surface area contributed by atoms with Crippen molar-refractivity contribution < 1.29 is 4.79 Å². The monoisotopic (exact) mass is 411 g/mol. The second kappa shape index (κ2) is 8.07. The third-order valence-corrected chi connectivity index (χ3v) is 3.88. The van der Waals surface area contributed by atoms with Crippen molar-refractivity contribution in [3.8, 4) is 0 Å². The number of halogens is 1.